The normalized spacial score (nSPS) is 15.2. The lowest BCUT2D eigenvalue weighted by Gasteiger charge is -2.33. The molecule has 196 valence electrons. The highest BCUT2D eigenvalue weighted by Gasteiger charge is 2.31. The van der Waals surface area contributed by atoms with Crippen LogP contribution in [-0.4, -0.2) is 50.0 Å². The van der Waals surface area contributed by atoms with E-state index < -0.39 is 28.5 Å². The first-order valence-electron chi connectivity index (χ1n) is 12.3. The average Bonchev–Trinajstić information content (AvgIpc) is 2.80. The molecule has 0 aliphatic heterocycles. The number of aryl methyl sites for hydroxylation is 2. The Hall–Kier alpha value is -2.58. The molecule has 7 nitrogen and oxygen atoms in total. The fraction of sp³-hybridized carbons (Fsp3) is 0.481. The second-order valence-corrected chi connectivity index (χ2v) is 12.1. The first-order valence-corrected chi connectivity index (χ1v) is 14.6. The van der Waals surface area contributed by atoms with Crippen molar-refractivity contribution in [1.82, 2.24) is 10.2 Å². The third kappa shape index (κ3) is 7.71. The monoisotopic (exact) mass is 533 g/mol. The number of hydrogen-bond acceptors (Lipinski definition) is 4. The standard InChI is InChI=1S/C27H36ClN3O4S/c1-19-14-20(2)16-25(15-19)31(36(4,34)35)18-26(32)30(17-22-10-12-23(28)13-11-22)21(3)27(33)29-24-8-6-5-7-9-24/h10-16,21,24H,5-9,17-18H2,1-4H3,(H,29,33)/t21-/m1/s1. The van der Waals surface area contributed by atoms with Gasteiger partial charge in [0.25, 0.3) is 0 Å². The Labute approximate surface area is 219 Å². The molecule has 0 aromatic heterocycles. The zero-order valence-corrected chi connectivity index (χ0v) is 23.0. The van der Waals surface area contributed by atoms with E-state index in [1.165, 1.54) is 11.3 Å². The second kappa shape index (κ2) is 12.1. The predicted molar refractivity (Wildman–Crippen MR) is 145 cm³/mol. The van der Waals surface area contributed by atoms with Crippen LogP contribution in [-0.2, 0) is 26.2 Å². The Balaban J connectivity index is 1.88. The zero-order chi connectivity index (χ0) is 26.5. The summed E-state index contributed by atoms with van der Waals surface area (Å²) in [6, 6.07) is 11.8. The minimum Gasteiger partial charge on any atom is -0.352 e. The summed E-state index contributed by atoms with van der Waals surface area (Å²) < 4.78 is 26.6. The summed E-state index contributed by atoms with van der Waals surface area (Å²) in [6.07, 6.45) is 6.26. The number of halogens is 1. The number of nitrogens with one attached hydrogen (secondary N) is 1. The molecule has 1 saturated carbocycles. The molecule has 0 unspecified atom stereocenters. The van der Waals surface area contributed by atoms with Crippen molar-refractivity contribution in [3.05, 3.63) is 64.2 Å². The molecular formula is C27H36ClN3O4S. The average molecular weight is 534 g/mol. The Morgan fingerprint density at radius 3 is 2.17 bits per heavy atom. The number of carbonyl (C=O) groups excluding carboxylic acids is 2. The minimum absolute atomic E-state index is 0.101. The number of sulfonamides is 1. The van der Waals surface area contributed by atoms with Crippen LogP contribution < -0.4 is 9.62 Å². The van der Waals surface area contributed by atoms with E-state index in [4.69, 9.17) is 11.6 Å². The van der Waals surface area contributed by atoms with Crippen LogP contribution in [0.15, 0.2) is 42.5 Å². The minimum atomic E-state index is -3.76. The summed E-state index contributed by atoms with van der Waals surface area (Å²) in [7, 11) is -3.76. The first-order chi connectivity index (χ1) is 16.9. The SMILES string of the molecule is Cc1cc(C)cc(N(CC(=O)N(Cc2ccc(Cl)cc2)[C@H](C)C(=O)NC2CCCCC2)S(C)(=O)=O)c1. The Bertz CT molecular complexity index is 1160. The quantitative estimate of drug-likeness (QED) is 0.511. The molecule has 2 aromatic carbocycles. The molecule has 0 spiro atoms. The van der Waals surface area contributed by atoms with Crippen LogP contribution in [0.4, 0.5) is 5.69 Å². The molecule has 1 N–H and O–H groups in total. The second-order valence-electron chi connectivity index (χ2n) is 9.78. The molecule has 0 bridgehead atoms. The van der Waals surface area contributed by atoms with Crippen LogP contribution >= 0.6 is 11.6 Å². The van der Waals surface area contributed by atoms with Gasteiger partial charge in [-0.3, -0.25) is 13.9 Å². The van der Waals surface area contributed by atoms with E-state index in [9.17, 15) is 18.0 Å². The van der Waals surface area contributed by atoms with Gasteiger partial charge in [0.2, 0.25) is 21.8 Å². The summed E-state index contributed by atoms with van der Waals surface area (Å²) in [5.41, 5.74) is 3.00. The van der Waals surface area contributed by atoms with Crippen molar-refractivity contribution in [1.29, 1.82) is 0 Å². The van der Waals surface area contributed by atoms with Crippen molar-refractivity contribution < 1.29 is 18.0 Å². The van der Waals surface area contributed by atoms with Crippen molar-refractivity contribution in [3.8, 4) is 0 Å². The van der Waals surface area contributed by atoms with Crippen LogP contribution in [0.1, 0.15) is 55.7 Å². The summed E-state index contributed by atoms with van der Waals surface area (Å²) in [5.74, 6) is -0.692. The summed E-state index contributed by atoms with van der Waals surface area (Å²) in [6.45, 7) is 5.19. The van der Waals surface area contributed by atoms with Gasteiger partial charge in [0.15, 0.2) is 0 Å². The maximum absolute atomic E-state index is 13.7. The molecule has 0 heterocycles. The van der Waals surface area contributed by atoms with Crippen molar-refractivity contribution >= 4 is 39.1 Å². The maximum Gasteiger partial charge on any atom is 0.244 e. The fourth-order valence-electron chi connectivity index (χ4n) is 4.65. The first kappa shape index (κ1) is 28.0. The number of amides is 2. The molecule has 0 saturated heterocycles. The lowest BCUT2D eigenvalue weighted by atomic mass is 9.95. The Kier molecular flexibility index (Phi) is 9.41. The number of hydrogen-bond donors (Lipinski definition) is 1. The molecule has 1 atom stereocenters. The zero-order valence-electron chi connectivity index (χ0n) is 21.5. The molecule has 0 radical (unpaired) electrons. The van der Waals surface area contributed by atoms with Crippen molar-refractivity contribution in [2.24, 2.45) is 0 Å². The van der Waals surface area contributed by atoms with E-state index >= 15 is 0 Å². The number of benzene rings is 2. The van der Waals surface area contributed by atoms with Crippen molar-refractivity contribution in [3.63, 3.8) is 0 Å². The predicted octanol–water partition coefficient (Wildman–Crippen LogP) is 4.59. The number of anilines is 1. The van der Waals surface area contributed by atoms with Crippen LogP contribution in [0.5, 0.6) is 0 Å². The van der Waals surface area contributed by atoms with E-state index in [0.29, 0.717) is 10.7 Å². The lowest BCUT2D eigenvalue weighted by Crippen LogP contribution is -2.53. The lowest BCUT2D eigenvalue weighted by molar-refractivity contribution is -0.139. The summed E-state index contributed by atoms with van der Waals surface area (Å²) in [5, 5.41) is 3.66. The third-order valence-electron chi connectivity index (χ3n) is 6.56. The van der Waals surface area contributed by atoms with Gasteiger partial charge in [-0.15, -0.1) is 0 Å². The van der Waals surface area contributed by atoms with Gasteiger partial charge in [0.1, 0.15) is 12.6 Å². The molecule has 2 aromatic rings. The Morgan fingerprint density at radius 1 is 1.03 bits per heavy atom. The van der Waals surface area contributed by atoms with Crippen LogP contribution in [0.3, 0.4) is 0 Å². The summed E-state index contributed by atoms with van der Waals surface area (Å²) >= 11 is 6.03. The highest BCUT2D eigenvalue weighted by Crippen LogP contribution is 2.23. The maximum atomic E-state index is 13.7. The van der Waals surface area contributed by atoms with Gasteiger partial charge in [-0.2, -0.15) is 0 Å². The Morgan fingerprint density at radius 2 is 1.61 bits per heavy atom. The highest BCUT2D eigenvalue weighted by molar-refractivity contribution is 7.92. The number of nitrogens with zero attached hydrogens (tertiary/aromatic N) is 2. The topological polar surface area (TPSA) is 86.8 Å². The highest BCUT2D eigenvalue weighted by atomic mass is 35.5. The van der Waals surface area contributed by atoms with Crippen molar-refractivity contribution in [2.75, 3.05) is 17.1 Å². The molecule has 2 amide bonds. The van der Waals surface area contributed by atoms with Crippen LogP contribution in [0.25, 0.3) is 0 Å². The molecule has 1 aliphatic carbocycles. The largest absolute Gasteiger partial charge is 0.352 e. The molecule has 36 heavy (non-hydrogen) atoms. The van der Waals surface area contributed by atoms with Gasteiger partial charge in [-0.05, 0) is 74.6 Å². The van der Waals surface area contributed by atoms with Gasteiger partial charge in [-0.25, -0.2) is 8.42 Å². The third-order valence-corrected chi connectivity index (χ3v) is 7.95. The van der Waals surface area contributed by atoms with Gasteiger partial charge in [-0.1, -0.05) is 49.1 Å². The van der Waals surface area contributed by atoms with E-state index in [-0.39, 0.29) is 18.5 Å². The molecule has 3 rings (SSSR count). The fourth-order valence-corrected chi connectivity index (χ4v) is 5.61. The molecule has 1 aliphatic rings. The number of rotatable bonds is 9. The molecular weight excluding hydrogens is 498 g/mol. The van der Waals surface area contributed by atoms with Gasteiger partial charge in [0, 0.05) is 17.6 Å². The van der Waals surface area contributed by atoms with Gasteiger partial charge >= 0.3 is 0 Å². The van der Waals surface area contributed by atoms with E-state index in [1.54, 1.807) is 43.3 Å². The van der Waals surface area contributed by atoms with E-state index in [0.717, 1.165) is 52.9 Å². The van der Waals surface area contributed by atoms with Crippen LogP contribution in [0, 0.1) is 13.8 Å². The van der Waals surface area contributed by atoms with E-state index in [2.05, 4.69) is 5.32 Å². The number of carbonyl (C=O) groups is 2. The smallest absolute Gasteiger partial charge is 0.244 e. The van der Waals surface area contributed by atoms with Crippen LogP contribution in [0.2, 0.25) is 5.02 Å². The summed E-state index contributed by atoms with van der Waals surface area (Å²) in [4.78, 5) is 28.3. The van der Waals surface area contributed by atoms with Gasteiger partial charge < -0.3 is 10.2 Å². The van der Waals surface area contributed by atoms with E-state index in [1.807, 2.05) is 19.9 Å². The van der Waals surface area contributed by atoms with Gasteiger partial charge in [0.05, 0.1) is 11.9 Å². The molecule has 9 heteroatoms. The van der Waals surface area contributed by atoms with Crippen molar-refractivity contribution in [2.45, 2.75) is 71.5 Å². The molecule has 1 fully saturated rings.